The summed E-state index contributed by atoms with van der Waals surface area (Å²) in [6.07, 6.45) is 7.09. The van der Waals surface area contributed by atoms with Crippen molar-refractivity contribution in [1.82, 2.24) is 5.32 Å². The highest BCUT2D eigenvalue weighted by Gasteiger charge is 2.14. The first-order chi connectivity index (χ1) is 10.1. The van der Waals surface area contributed by atoms with E-state index < -0.39 is 0 Å². The van der Waals surface area contributed by atoms with Crippen molar-refractivity contribution in [3.8, 4) is 5.75 Å². The van der Waals surface area contributed by atoms with Crippen LogP contribution in [0.5, 0.6) is 5.75 Å². The average molecular weight is 289 g/mol. The smallest absolute Gasteiger partial charge is 0.224 e. The summed E-state index contributed by atoms with van der Waals surface area (Å²) in [5.74, 6) is 1.63. The van der Waals surface area contributed by atoms with E-state index in [1.54, 1.807) is 0 Å². The molecule has 0 aliphatic heterocycles. The molecule has 1 aliphatic rings. The fourth-order valence-electron chi connectivity index (χ4n) is 2.90. The van der Waals surface area contributed by atoms with Crippen LogP contribution in [-0.2, 0) is 11.2 Å². The molecule has 0 atom stereocenters. The molecule has 1 saturated carbocycles. The van der Waals surface area contributed by atoms with E-state index in [1.165, 1.54) is 32.1 Å². The molecule has 0 saturated heterocycles. The van der Waals surface area contributed by atoms with E-state index in [4.69, 9.17) is 4.74 Å². The molecule has 1 aromatic carbocycles. The molecular weight excluding hydrogens is 262 g/mol. The van der Waals surface area contributed by atoms with Crippen LogP contribution in [0.3, 0.4) is 0 Å². The minimum Gasteiger partial charge on any atom is -0.491 e. The summed E-state index contributed by atoms with van der Waals surface area (Å²) < 4.78 is 5.66. The Hall–Kier alpha value is -1.51. The lowest BCUT2D eigenvalue weighted by atomic mass is 9.89. The molecule has 1 amide bonds. The fraction of sp³-hybridized carbons (Fsp3) is 0.611. The summed E-state index contributed by atoms with van der Waals surface area (Å²) in [4.78, 5) is 12.0. The van der Waals surface area contributed by atoms with Crippen LogP contribution in [0.25, 0.3) is 0 Å². The number of rotatable bonds is 6. The SMILES string of the molecule is CC(C)Oc1cccc(CC(=O)NCC2CCCCC2)c1. The molecule has 3 nitrogen and oxygen atoms in total. The standard InChI is InChI=1S/C18H27NO2/c1-14(2)21-17-10-6-9-16(11-17)12-18(20)19-13-15-7-4-3-5-8-15/h6,9-11,14-15H,3-5,7-8,12-13H2,1-2H3,(H,19,20). The first-order valence-electron chi connectivity index (χ1n) is 8.16. The van der Waals surface area contributed by atoms with Crippen molar-refractivity contribution < 1.29 is 9.53 Å². The van der Waals surface area contributed by atoms with E-state index in [9.17, 15) is 4.79 Å². The molecule has 0 unspecified atom stereocenters. The first-order valence-corrected chi connectivity index (χ1v) is 8.16. The van der Waals surface area contributed by atoms with Gasteiger partial charge in [-0.25, -0.2) is 0 Å². The zero-order valence-corrected chi connectivity index (χ0v) is 13.2. The Kier molecular flexibility index (Phi) is 6.09. The molecule has 1 fully saturated rings. The van der Waals surface area contributed by atoms with Crippen LogP contribution in [0.2, 0.25) is 0 Å². The van der Waals surface area contributed by atoms with E-state index in [-0.39, 0.29) is 12.0 Å². The molecule has 0 aromatic heterocycles. The second-order valence-corrected chi connectivity index (χ2v) is 6.30. The summed E-state index contributed by atoms with van der Waals surface area (Å²) in [7, 11) is 0. The molecule has 0 bridgehead atoms. The quantitative estimate of drug-likeness (QED) is 0.867. The third kappa shape index (κ3) is 5.78. The van der Waals surface area contributed by atoms with Gasteiger partial charge in [-0.3, -0.25) is 4.79 Å². The van der Waals surface area contributed by atoms with E-state index >= 15 is 0 Å². The Morgan fingerprint density at radius 3 is 2.76 bits per heavy atom. The van der Waals surface area contributed by atoms with Gasteiger partial charge in [0.25, 0.3) is 0 Å². The highest BCUT2D eigenvalue weighted by molar-refractivity contribution is 5.78. The Labute approximate surface area is 128 Å². The molecule has 0 heterocycles. The van der Waals surface area contributed by atoms with Crippen molar-refractivity contribution in [2.24, 2.45) is 5.92 Å². The maximum Gasteiger partial charge on any atom is 0.224 e. The number of ether oxygens (including phenoxy) is 1. The zero-order chi connectivity index (χ0) is 15.1. The lowest BCUT2D eigenvalue weighted by molar-refractivity contribution is -0.120. The first kappa shape index (κ1) is 15.9. The van der Waals surface area contributed by atoms with E-state index in [0.717, 1.165) is 17.9 Å². The number of nitrogens with one attached hydrogen (secondary N) is 1. The minimum absolute atomic E-state index is 0.113. The van der Waals surface area contributed by atoms with Crippen LogP contribution in [0.4, 0.5) is 0 Å². The van der Waals surface area contributed by atoms with Crippen LogP contribution < -0.4 is 10.1 Å². The van der Waals surface area contributed by atoms with Gasteiger partial charge in [-0.05, 0) is 50.3 Å². The lowest BCUT2D eigenvalue weighted by Gasteiger charge is -2.21. The Balaban J connectivity index is 1.78. The van der Waals surface area contributed by atoms with E-state index in [2.05, 4.69) is 5.32 Å². The van der Waals surface area contributed by atoms with Crippen LogP contribution >= 0.6 is 0 Å². The van der Waals surface area contributed by atoms with Crippen molar-refractivity contribution in [2.45, 2.75) is 58.5 Å². The normalized spacial score (nSPS) is 16.0. The van der Waals surface area contributed by atoms with Crippen molar-refractivity contribution in [2.75, 3.05) is 6.54 Å². The molecule has 0 radical (unpaired) electrons. The van der Waals surface area contributed by atoms with Crippen LogP contribution in [-0.4, -0.2) is 18.6 Å². The Bertz CT molecular complexity index is 450. The van der Waals surface area contributed by atoms with Crippen molar-refractivity contribution in [1.29, 1.82) is 0 Å². The molecule has 21 heavy (non-hydrogen) atoms. The third-order valence-electron chi connectivity index (χ3n) is 3.95. The molecule has 2 rings (SSSR count). The van der Waals surface area contributed by atoms with Gasteiger partial charge in [0.15, 0.2) is 0 Å². The maximum atomic E-state index is 12.0. The summed E-state index contributed by atoms with van der Waals surface area (Å²) in [6, 6.07) is 7.82. The molecule has 3 heteroatoms. The van der Waals surface area contributed by atoms with Gasteiger partial charge in [0.1, 0.15) is 5.75 Å². The second kappa shape index (κ2) is 8.06. The summed E-state index contributed by atoms with van der Waals surface area (Å²) in [5.41, 5.74) is 1.01. The van der Waals surface area contributed by atoms with Gasteiger partial charge in [-0.15, -0.1) is 0 Å². The predicted octanol–water partition coefficient (Wildman–Crippen LogP) is 3.71. The molecule has 1 N–H and O–H groups in total. The maximum absolute atomic E-state index is 12.0. The second-order valence-electron chi connectivity index (χ2n) is 6.30. The highest BCUT2D eigenvalue weighted by Crippen LogP contribution is 2.22. The molecular formula is C18H27NO2. The van der Waals surface area contributed by atoms with Crippen molar-refractivity contribution in [3.05, 3.63) is 29.8 Å². The number of carbonyl (C=O) groups is 1. The molecule has 116 valence electrons. The van der Waals surface area contributed by atoms with Crippen LogP contribution in [0.15, 0.2) is 24.3 Å². The van der Waals surface area contributed by atoms with Crippen molar-refractivity contribution >= 4 is 5.91 Å². The zero-order valence-electron chi connectivity index (χ0n) is 13.2. The summed E-state index contributed by atoms with van der Waals surface area (Å²) >= 11 is 0. The lowest BCUT2D eigenvalue weighted by Crippen LogP contribution is -2.31. The van der Waals surface area contributed by atoms with Gasteiger partial charge in [0, 0.05) is 6.54 Å². The summed E-state index contributed by atoms with van der Waals surface area (Å²) in [5, 5.41) is 3.08. The highest BCUT2D eigenvalue weighted by atomic mass is 16.5. The molecule has 1 aliphatic carbocycles. The fourth-order valence-corrected chi connectivity index (χ4v) is 2.90. The van der Waals surface area contributed by atoms with Crippen LogP contribution in [0, 0.1) is 5.92 Å². The Morgan fingerprint density at radius 2 is 2.05 bits per heavy atom. The molecule has 1 aromatic rings. The number of carbonyl (C=O) groups excluding carboxylic acids is 1. The number of hydrogen-bond donors (Lipinski definition) is 1. The largest absolute Gasteiger partial charge is 0.491 e. The monoisotopic (exact) mass is 289 g/mol. The topological polar surface area (TPSA) is 38.3 Å². The summed E-state index contributed by atoms with van der Waals surface area (Å²) in [6.45, 7) is 4.84. The number of amides is 1. The van der Waals surface area contributed by atoms with E-state index in [0.29, 0.717) is 12.3 Å². The van der Waals surface area contributed by atoms with Gasteiger partial charge >= 0.3 is 0 Å². The van der Waals surface area contributed by atoms with Gasteiger partial charge in [0.2, 0.25) is 5.91 Å². The predicted molar refractivity (Wildman–Crippen MR) is 85.5 cm³/mol. The van der Waals surface area contributed by atoms with Crippen LogP contribution in [0.1, 0.15) is 51.5 Å². The minimum atomic E-state index is 0.113. The van der Waals surface area contributed by atoms with Gasteiger partial charge < -0.3 is 10.1 Å². The van der Waals surface area contributed by atoms with Gasteiger partial charge in [0.05, 0.1) is 12.5 Å². The average Bonchev–Trinajstić information content (AvgIpc) is 2.46. The number of hydrogen-bond acceptors (Lipinski definition) is 2. The van der Waals surface area contributed by atoms with Gasteiger partial charge in [-0.1, -0.05) is 31.4 Å². The Morgan fingerprint density at radius 1 is 1.29 bits per heavy atom. The molecule has 0 spiro atoms. The van der Waals surface area contributed by atoms with E-state index in [1.807, 2.05) is 38.1 Å². The van der Waals surface area contributed by atoms with Gasteiger partial charge in [-0.2, -0.15) is 0 Å². The number of benzene rings is 1. The third-order valence-corrected chi connectivity index (χ3v) is 3.95. The van der Waals surface area contributed by atoms with Crippen molar-refractivity contribution in [3.63, 3.8) is 0 Å².